The first-order valence-electron chi connectivity index (χ1n) is 5.00. The zero-order valence-corrected chi connectivity index (χ0v) is 8.86. The Bertz CT molecular complexity index is 246. The van der Waals surface area contributed by atoms with E-state index in [1.54, 1.807) is 0 Å². The van der Waals surface area contributed by atoms with Gasteiger partial charge in [-0.1, -0.05) is 0 Å². The van der Waals surface area contributed by atoms with E-state index in [-0.39, 0.29) is 18.4 Å². The fraction of sp³-hybridized carbons (Fsp3) is 0.800. The normalized spacial score (nSPS) is 24.1. The van der Waals surface area contributed by atoms with Gasteiger partial charge in [0, 0.05) is 19.1 Å². The van der Waals surface area contributed by atoms with E-state index in [0.29, 0.717) is 0 Å². The van der Waals surface area contributed by atoms with Crippen LogP contribution < -0.4 is 0 Å². The van der Waals surface area contributed by atoms with Gasteiger partial charge in [-0.25, -0.2) is 0 Å². The quantitative estimate of drug-likeness (QED) is 0.610. The number of nitriles is 1. The zero-order chi connectivity index (χ0) is 10.6. The van der Waals surface area contributed by atoms with E-state index in [9.17, 15) is 4.79 Å². The second kappa shape index (κ2) is 4.97. The van der Waals surface area contributed by atoms with Gasteiger partial charge in [0.25, 0.3) is 0 Å². The molecule has 4 nitrogen and oxygen atoms in total. The van der Waals surface area contributed by atoms with Crippen LogP contribution in [0, 0.1) is 11.3 Å². The minimum Gasteiger partial charge on any atom is -0.338 e. The van der Waals surface area contributed by atoms with E-state index in [0.717, 1.165) is 26.1 Å². The SMILES string of the molecule is CC1CN(C)CCCN1C(=O)CC#N. The summed E-state index contributed by atoms with van der Waals surface area (Å²) < 4.78 is 0. The number of hydrogen-bond acceptors (Lipinski definition) is 3. The first-order chi connectivity index (χ1) is 6.65. The average Bonchev–Trinajstić information content (AvgIpc) is 2.27. The second-order valence-electron chi connectivity index (χ2n) is 3.89. The molecule has 0 radical (unpaired) electrons. The van der Waals surface area contributed by atoms with Crippen LogP contribution in [0.2, 0.25) is 0 Å². The molecule has 0 saturated carbocycles. The van der Waals surface area contributed by atoms with Crippen LogP contribution in [-0.2, 0) is 4.79 Å². The van der Waals surface area contributed by atoms with Crippen LogP contribution in [0.3, 0.4) is 0 Å². The Morgan fingerprint density at radius 3 is 2.93 bits per heavy atom. The van der Waals surface area contributed by atoms with E-state index in [2.05, 4.69) is 11.9 Å². The Balaban J connectivity index is 2.59. The molecule has 1 saturated heterocycles. The Morgan fingerprint density at radius 1 is 1.57 bits per heavy atom. The summed E-state index contributed by atoms with van der Waals surface area (Å²) in [4.78, 5) is 15.6. The topological polar surface area (TPSA) is 47.3 Å². The molecule has 1 amide bonds. The summed E-state index contributed by atoms with van der Waals surface area (Å²) in [5, 5.41) is 8.47. The molecule has 14 heavy (non-hydrogen) atoms. The molecule has 1 heterocycles. The molecule has 1 rings (SSSR count). The Morgan fingerprint density at radius 2 is 2.29 bits per heavy atom. The van der Waals surface area contributed by atoms with E-state index >= 15 is 0 Å². The number of nitrogens with zero attached hydrogens (tertiary/aromatic N) is 3. The van der Waals surface area contributed by atoms with Gasteiger partial charge in [-0.05, 0) is 26.9 Å². The third-order valence-corrected chi connectivity index (χ3v) is 2.60. The number of hydrogen-bond donors (Lipinski definition) is 0. The van der Waals surface area contributed by atoms with Crippen LogP contribution >= 0.6 is 0 Å². The summed E-state index contributed by atoms with van der Waals surface area (Å²) in [7, 11) is 2.06. The molecule has 1 unspecified atom stereocenters. The smallest absolute Gasteiger partial charge is 0.237 e. The molecule has 1 fully saturated rings. The molecule has 4 heteroatoms. The maximum Gasteiger partial charge on any atom is 0.237 e. The highest BCUT2D eigenvalue weighted by atomic mass is 16.2. The number of rotatable bonds is 1. The van der Waals surface area contributed by atoms with Gasteiger partial charge in [-0.3, -0.25) is 4.79 Å². The molecule has 0 aromatic heterocycles. The lowest BCUT2D eigenvalue weighted by atomic mass is 10.2. The number of carbonyl (C=O) groups excluding carboxylic acids is 1. The lowest BCUT2D eigenvalue weighted by Gasteiger charge is -2.27. The Labute approximate surface area is 85.1 Å². The third kappa shape index (κ3) is 2.71. The molecule has 1 atom stereocenters. The number of amides is 1. The van der Waals surface area contributed by atoms with Gasteiger partial charge in [-0.2, -0.15) is 5.26 Å². The van der Waals surface area contributed by atoms with Crippen LogP contribution in [0.1, 0.15) is 19.8 Å². The second-order valence-corrected chi connectivity index (χ2v) is 3.89. The van der Waals surface area contributed by atoms with Crippen molar-refractivity contribution in [3.63, 3.8) is 0 Å². The molecule has 0 aliphatic carbocycles. The van der Waals surface area contributed by atoms with Crippen LogP contribution in [-0.4, -0.2) is 48.4 Å². The molecular weight excluding hydrogens is 178 g/mol. The van der Waals surface area contributed by atoms with Crippen LogP contribution in [0.25, 0.3) is 0 Å². The van der Waals surface area contributed by atoms with Crippen molar-refractivity contribution in [3.05, 3.63) is 0 Å². The van der Waals surface area contributed by atoms with Gasteiger partial charge in [0.15, 0.2) is 0 Å². The molecular formula is C10H17N3O. The van der Waals surface area contributed by atoms with Crippen LogP contribution in [0.5, 0.6) is 0 Å². The van der Waals surface area contributed by atoms with E-state index in [1.165, 1.54) is 0 Å². The highest BCUT2D eigenvalue weighted by Gasteiger charge is 2.23. The van der Waals surface area contributed by atoms with E-state index < -0.39 is 0 Å². The molecule has 78 valence electrons. The predicted octanol–water partition coefficient (Wildman–Crippen LogP) is 0.453. The van der Waals surface area contributed by atoms with Crippen molar-refractivity contribution in [2.45, 2.75) is 25.8 Å². The standard InChI is InChI=1S/C10H17N3O/c1-9-8-12(2)6-3-7-13(9)10(14)4-5-11/h9H,3-4,6-8H2,1-2H3. The van der Waals surface area contributed by atoms with E-state index in [1.807, 2.05) is 17.9 Å². The molecule has 0 aromatic rings. The van der Waals surface area contributed by atoms with Gasteiger partial charge < -0.3 is 9.80 Å². The van der Waals surface area contributed by atoms with E-state index in [4.69, 9.17) is 5.26 Å². The molecule has 1 aliphatic rings. The fourth-order valence-corrected chi connectivity index (χ4v) is 1.91. The Kier molecular flexibility index (Phi) is 3.90. The first-order valence-corrected chi connectivity index (χ1v) is 5.00. The van der Waals surface area contributed by atoms with Gasteiger partial charge in [0.1, 0.15) is 6.42 Å². The van der Waals surface area contributed by atoms with Gasteiger partial charge in [0.2, 0.25) is 5.91 Å². The van der Waals surface area contributed by atoms with Gasteiger partial charge >= 0.3 is 0 Å². The molecule has 0 bridgehead atoms. The lowest BCUT2D eigenvalue weighted by molar-refractivity contribution is -0.131. The summed E-state index contributed by atoms with van der Waals surface area (Å²) in [6.07, 6.45) is 1.01. The molecule has 0 N–H and O–H groups in total. The average molecular weight is 195 g/mol. The van der Waals surface area contributed by atoms with Crippen molar-refractivity contribution in [2.24, 2.45) is 0 Å². The number of likely N-dealkylation sites (N-methyl/N-ethyl adjacent to an activating group) is 1. The summed E-state index contributed by atoms with van der Waals surface area (Å²) in [5.41, 5.74) is 0. The van der Waals surface area contributed by atoms with Crippen molar-refractivity contribution >= 4 is 5.91 Å². The largest absolute Gasteiger partial charge is 0.338 e. The fourth-order valence-electron chi connectivity index (χ4n) is 1.91. The summed E-state index contributed by atoms with van der Waals surface area (Å²) >= 11 is 0. The Hall–Kier alpha value is -1.08. The number of carbonyl (C=O) groups is 1. The lowest BCUT2D eigenvalue weighted by Crippen LogP contribution is -2.41. The first kappa shape index (κ1) is 11.0. The summed E-state index contributed by atoms with van der Waals surface area (Å²) in [5.74, 6) is -0.0321. The highest BCUT2D eigenvalue weighted by Crippen LogP contribution is 2.09. The zero-order valence-electron chi connectivity index (χ0n) is 8.86. The van der Waals surface area contributed by atoms with Crippen LogP contribution in [0.4, 0.5) is 0 Å². The third-order valence-electron chi connectivity index (χ3n) is 2.60. The molecule has 0 aromatic carbocycles. The highest BCUT2D eigenvalue weighted by molar-refractivity contribution is 5.78. The summed E-state index contributed by atoms with van der Waals surface area (Å²) in [6.45, 7) is 4.75. The van der Waals surface area contributed by atoms with Gasteiger partial charge in [-0.15, -0.1) is 0 Å². The molecule has 1 aliphatic heterocycles. The van der Waals surface area contributed by atoms with Crippen molar-refractivity contribution in [1.29, 1.82) is 5.26 Å². The minimum absolute atomic E-state index is 0.00799. The maximum atomic E-state index is 11.6. The van der Waals surface area contributed by atoms with Gasteiger partial charge in [0.05, 0.1) is 6.07 Å². The predicted molar refractivity (Wildman–Crippen MR) is 53.5 cm³/mol. The van der Waals surface area contributed by atoms with Crippen molar-refractivity contribution in [1.82, 2.24) is 9.80 Å². The van der Waals surface area contributed by atoms with Crippen molar-refractivity contribution < 1.29 is 4.79 Å². The monoisotopic (exact) mass is 195 g/mol. The molecule has 0 spiro atoms. The summed E-state index contributed by atoms with van der Waals surface area (Å²) in [6, 6.07) is 2.14. The maximum absolute atomic E-state index is 11.6. The van der Waals surface area contributed by atoms with Crippen LogP contribution in [0.15, 0.2) is 0 Å². The van der Waals surface area contributed by atoms with Crippen molar-refractivity contribution in [2.75, 3.05) is 26.7 Å². The van der Waals surface area contributed by atoms with Crippen molar-refractivity contribution in [3.8, 4) is 6.07 Å². The minimum atomic E-state index is -0.0321.